The van der Waals surface area contributed by atoms with Gasteiger partial charge < -0.3 is 20.5 Å². The summed E-state index contributed by atoms with van der Waals surface area (Å²) in [5, 5.41) is 10.0. The number of benzene rings is 1. The number of aliphatic imine (C=N–C) groups is 1. The molecule has 0 aromatic heterocycles. The molecule has 3 N–H and O–H groups in total. The molecule has 1 unspecified atom stereocenters. The fourth-order valence-corrected chi connectivity index (χ4v) is 2.95. The van der Waals surface area contributed by atoms with Crippen LogP contribution in [0.4, 0.5) is 5.69 Å². The number of aliphatic hydroxyl groups excluding tert-OH is 1. The lowest BCUT2D eigenvalue weighted by Crippen LogP contribution is -2.28. The topological polar surface area (TPSA) is 88.1 Å². The van der Waals surface area contributed by atoms with Crippen molar-refractivity contribution in [2.45, 2.75) is 44.8 Å². The van der Waals surface area contributed by atoms with Gasteiger partial charge >= 0.3 is 0 Å². The van der Waals surface area contributed by atoms with E-state index >= 15 is 0 Å². The van der Waals surface area contributed by atoms with Crippen LogP contribution in [-0.2, 0) is 16.0 Å². The summed E-state index contributed by atoms with van der Waals surface area (Å²) in [5.41, 5.74) is 7.95. The molecular weight excluding hydrogens is 306 g/mol. The number of carbonyl (C=O) groups is 1. The van der Waals surface area contributed by atoms with Gasteiger partial charge in [0.2, 0.25) is 5.91 Å². The van der Waals surface area contributed by atoms with Crippen LogP contribution in [0.3, 0.4) is 0 Å². The molecule has 0 saturated heterocycles. The Morgan fingerprint density at radius 3 is 2.88 bits per heavy atom. The first-order chi connectivity index (χ1) is 11.3. The molecule has 0 saturated carbocycles. The van der Waals surface area contributed by atoms with Crippen molar-refractivity contribution in [3.05, 3.63) is 29.3 Å². The maximum absolute atomic E-state index is 11.6. The standard InChI is InChI=1S/C18H27N3O3/c1-11(24-4)7-8-21(3)12(2)20-14-6-5-13-9-16(22)17(18(19)23)15(13)10-14/h5-6,10-11,16-17,22H,7-9H2,1-4H3,(H2,19,23)/t11-,16-,17?/m1/s1. The Hall–Kier alpha value is -1.92. The zero-order valence-corrected chi connectivity index (χ0v) is 14.8. The number of methoxy groups -OCH3 is 1. The molecule has 0 heterocycles. The molecule has 132 valence electrons. The summed E-state index contributed by atoms with van der Waals surface area (Å²) in [4.78, 5) is 18.3. The molecule has 6 nitrogen and oxygen atoms in total. The van der Waals surface area contributed by atoms with Crippen molar-refractivity contribution in [1.82, 2.24) is 4.90 Å². The van der Waals surface area contributed by atoms with Gasteiger partial charge in [0, 0.05) is 20.7 Å². The third kappa shape index (κ3) is 4.13. The van der Waals surface area contributed by atoms with E-state index < -0.39 is 17.9 Å². The second-order valence-corrected chi connectivity index (χ2v) is 6.45. The summed E-state index contributed by atoms with van der Waals surface area (Å²) in [5.74, 6) is -0.257. The van der Waals surface area contributed by atoms with Gasteiger partial charge in [-0.2, -0.15) is 0 Å². The van der Waals surface area contributed by atoms with E-state index in [4.69, 9.17) is 10.5 Å². The molecule has 1 aliphatic carbocycles. The third-order valence-corrected chi connectivity index (χ3v) is 4.70. The number of carbonyl (C=O) groups excluding carboxylic acids is 1. The number of amides is 1. The summed E-state index contributed by atoms with van der Waals surface area (Å²) < 4.78 is 5.26. The minimum atomic E-state index is -0.740. The van der Waals surface area contributed by atoms with E-state index in [1.807, 2.05) is 39.1 Å². The van der Waals surface area contributed by atoms with Crippen LogP contribution in [0.2, 0.25) is 0 Å². The summed E-state index contributed by atoms with van der Waals surface area (Å²) >= 11 is 0. The highest BCUT2D eigenvalue weighted by Gasteiger charge is 2.35. The Morgan fingerprint density at radius 1 is 1.54 bits per heavy atom. The predicted octanol–water partition coefficient (Wildman–Crippen LogP) is 1.58. The molecule has 0 aliphatic heterocycles. The Morgan fingerprint density at radius 2 is 2.25 bits per heavy atom. The predicted molar refractivity (Wildman–Crippen MR) is 94.6 cm³/mol. The van der Waals surface area contributed by atoms with Gasteiger partial charge in [-0.1, -0.05) is 6.07 Å². The van der Waals surface area contributed by atoms with Crippen molar-refractivity contribution in [1.29, 1.82) is 0 Å². The van der Waals surface area contributed by atoms with Crippen LogP contribution in [0.25, 0.3) is 0 Å². The first kappa shape index (κ1) is 18.4. The van der Waals surface area contributed by atoms with Crippen LogP contribution in [0, 0.1) is 0 Å². The van der Waals surface area contributed by atoms with Gasteiger partial charge in [-0.05, 0) is 49.9 Å². The second-order valence-electron chi connectivity index (χ2n) is 6.45. The monoisotopic (exact) mass is 333 g/mol. The van der Waals surface area contributed by atoms with Crippen LogP contribution < -0.4 is 5.73 Å². The number of rotatable bonds is 6. The zero-order chi connectivity index (χ0) is 17.9. The van der Waals surface area contributed by atoms with Gasteiger partial charge in [0.25, 0.3) is 0 Å². The Balaban J connectivity index is 2.14. The van der Waals surface area contributed by atoms with Gasteiger partial charge in [-0.3, -0.25) is 4.79 Å². The van der Waals surface area contributed by atoms with Crippen LogP contribution >= 0.6 is 0 Å². The molecule has 1 aromatic carbocycles. The SMILES string of the molecule is CO[C@H](C)CCN(C)C(C)=Nc1ccc2c(c1)C(C(N)=O)[C@H](O)C2. The molecule has 0 fully saturated rings. The first-order valence-electron chi connectivity index (χ1n) is 8.23. The molecule has 0 radical (unpaired) electrons. The fraction of sp³-hybridized carbons (Fsp3) is 0.556. The highest BCUT2D eigenvalue weighted by Crippen LogP contribution is 2.35. The lowest BCUT2D eigenvalue weighted by atomic mass is 9.99. The van der Waals surface area contributed by atoms with Gasteiger partial charge in [0.05, 0.1) is 23.8 Å². The highest BCUT2D eigenvalue weighted by molar-refractivity contribution is 5.85. The molecule has 24 heavy (non-hydrogen) atoms. The van der Waals surface area contributed by atoms with Crippen LogP contribution in [-0.4, -0.2) is 54.7 Å². The Labute approximate surface area is 143 Å². The van der Waals surface area contributed by atoms with E-state index in [0.29, 0.717) is 6.42 Å². The molecule has 1 aromatic rings. The van der Waals surface area contributed by atoms with E-state index in [1.165, 1.54) is 0 Å². The van der Waals surface area contributed by atoms with Gasteiger partial charge in [-0.25, -0.2) is 4.99 Å². The lowest BCUT2D eigenvalue weighted by molar-refractivity contribution is -0.121. The maximum Gasteiger partial charge on any atom is 0.227 e. The highest BCUT2D eigenvalue weighted by atomic mass is 16.5. The number of hydrogen-bond donors (Lipinski definition) is 2. The zero-order valence-electron chi connectivity index (χ0n) is 14.8. The van der Waals surface area contributed by atoms with Gasteiger partial charge in [0.15, 0.2) is 0 Å². The van der Waals surface area contributed by atoms with E-state index in [0.717, 1.165) is 35.6 Å². The maximum atomic E-state index is 11.6. The van der Waals surface area contributed by atoms with Crippen LogP contribution in [0.5, 0.6) is 0 Å². The molecule has 1 aliphatic rings. The van der Waals surface area contributed by atoms with Crippen molar-refractivity contribution in [3.63, 3.8) is 0 Å². The number of nitrogens with zero attached hydrogens (tertiary/aromatic N) is 2. The molecule has 6 heteroatoms. The van der Waals surface area contributed by atoms with E-state index in [-0.39, 0.29) is 6.10 Å². The molecule has 0 bridgehead atoms. The number of aliphatic hydroxyl groups is 1. The summed E-state index contributed by atoms with van der Waals surface area (Å²) in [7, 11) is 3.70. The lowest BCUT2D eigenvalue weighted by Gasteiger charge is -2.20. The van der Waals surface area contributed by atoms with Crippen molar-refractivity contribution < 1.29 is 14.6 Å². The van der Waals surface area contributed by atoms with Crippen LogP contribution in [0.15, 0.2) is 23.2 Å². The van der Waals surface area contributed by atoms with Crippen molar-refractivity contribution >= 4 is 17.4 Å². The molecule has 1 amide bonds. The summed E-state index contributed by atoms with van der Waals surface area (Å²) in [6, 6.07) is 5.68. The number of hydrogen-bond acceptors (Lipinski definition) is 4. The number of amidine groups is 1. The largest absolute Gasteiger partial charge is 0.392 e. The van der Waals surface area contributed by atoms with E-state index in [2.05, 4.69) is 9.89 Å². The van der Waals surface area contributed by atoms with E-state index in [1.54, 1.807) is 7.11 Å². The number of primary amides is 1. The van der Waals surface area contributed by atoms with Crippen molar-refractivity contribution in [2.75, 3.05) is 20.7 Å². The fourth-order valence-electron chi connectivity index (χ4n) is 2.95. The molecule has 2 rings (SSSR count). The number of nitrogens with two attached hydrogens (primary N) is 1. The molecule has 3 atom stereocenters. The average molecular weight is 333 g/mol. The average Bonchev–Trinajstić information content (AvgIpc) is 2.87. The minimum Gasteiger partial charge on any atom is -0.392 e. The summed E-state index contributed by atoms with van der Waals surface area (Å²) in [6.45, 7) is 4.83. The summed E-state index contributed by atoms with van der Waals surface area (Å²) in [6.07, 6.45) is 0.842. The van der Waals surface area contributed by atoms with Gasteiger partial charge in [-0.15, -0.1) is 0 Å². The molecule has 0 spiro atoms. The number of fused-ring (bicyclic) bond motifs is 1. The quantitative estimate of drug-likeness (QED) is 0.611. The second kappa shape index (κ2) is 7.77. The first-order valence-corrected chi connectivity index (χ1v) is 8.23. The Bertz CT molecular complexity index is 630. The minimum absolute atomic E-state index is 0.207. The molecular formula is C18H27N3O3. The van der Waals surface area contributed by atoms with Crippen LogP contribution in [0.1, 0.15) is 37.3 Å². The van der Waals surface area contributed by atoms with Crippen molar-refractivity contribution in [2.24, 2.45) is 10.7 Å². The smallest absolute Gasteiger partial charge is 0.227 e. The van der Waals surface area contributed by atoms with Gasteiger partial charge in [0.1, 0.15) is 5.84 Å². The Kier molecular flexibility index (Phi) is 5.96. The van der Waals surface area contributed by atoms with E-state index in [9.17, 15) is 9.90 Å². The van der Waals surface area contributed by atoms with Crippen molar-refractivity contribution in [3.8, 4) is 0 Å². The third-order valence-electron chi connectivity index (χ3n) is 4.70. The normalized spacial score (nSPS) is 21.5. The number of ether oxygens (including phenoxy) is 1.